The number of nitrogens with one attached hydrogen (secondary N) is 2. The number of halogens is 3. The maximum absolute atomic E-state index is 12.9. The maximum Gasteiger partial charge on any atom is 0.416 e. The van der Waals surface area contributed by atoms with Crippen LogP contribution in [-0.2, 0) is 17.3 Å². The van der Waals surface area contributed by atoms with E-state index in [0.717, 1.165) is 53.8 Å². The number of alkyl halides is 3. The third-order valence-corrected chi connectivity index (χ3v) is 14.6. The highest BCUT2D eigenvalue weighted by molar-refractivity contribution is 5.25. The average molecular weight is 616 g/mol. The van der Waals surface area contributed by atoms with E-state index in [4.69, 9.17) is 10.5 Å². The molecule has 0 amide bonds. The number of ether oxygens (including phenoxy) is 1. The minimum Gasteiger partial charge on any atom is -0.357 e. The molecular weight excluding hydrogens is 559 g/mol. The summed E-state index contributed by atoms with van der Waals surface area (Å²) in [5, 5.41) is 7.68. The van der Waals surface area contributed by atoms with Gasteiger partial charge < -0.3 is 15.8 Å². The molecule has 1 spiro atoms. The van der Waals surface area contributed by atoms with Crippen LogP contribution in [0.1, 0.15) is 103 Å². The molecule has 2 heterocycles. The van der Waals surface area contributed by atoms with Crippen LogP contribution in [0.4, 0.5) is 13.2 Å². The standard InChI is InChI=1S/C37H56F3N3O/c1-22-11-16-36(43-20-22)23(2)33-32(44-36)19-31-29-10-9-26-18-28(12-14-34(26,3)30(29)13-15-35(31,33)4)42-21-27(41)17-24-5-7-25(8-6-24)37(38,39)40/h5-8,22-23,26-33,42-43H,9-21,41H2,1-4H3/t22-,23-,26-,27-,28?,29+,30-,31-,32-,33-,34-,35-,36-/m0/s1. The molecule has 4 aliphatic carbocycles. The lowest BCUT2D eigenvalue weighted by molar-refractivity contribution is -0.137. The van der Waals surface area contributed by atoms with Gasteiger partial charge in [-0.25, -0.2) is 0 Å². The Balaban J connectivity index is 0.949. The van der Waals surface area contributed by atoms with Crippen molar-refractivity contribution < 1.29 is 17.9 Å². The Morgan fingerprint density at radius 2 is 1.70 bits per heavy atom. The van der Waals surface area contributed by atoms with Crippen molar-refractivity contribution in [3.8, 4) is 0 Å². The van der Waals surface area contributed by atoms with Crippen molar-refractivity contribution in [2.24, 2.45) is 58.0 Å². The lowest BCUT2D eigenvalue weighted by Gasteiger charge is -2.61. The number of rotatable bonds is 5. The fourth-order valence-corrected chi connectivity index (χ4v) is 12.2. The number of hydrogen-bond acceptors (Lipinski definition) is 4. The van der Waals surface area contributed by atoms with Gasteiger partial charge in [-0.3, -0.25) is 5.32 Å². The maximum atomic E-state index is 12.9. The van der Waals surface area contributed by atoms with Gasteiger partial charge in [0, 0.05) is 31.1 Å². The number of nitrogens with two attached hydrogens (primary N) is 1. The first-order valence-electron chi connectivity index (χ1n) is 17.9. The van der Waals surface area contributed by atoms with Crippen LogP contribution in [0.3, 0.4) is 0 Å². The van der Waals surface area contributed by atoms with E-state index >= 15 is 0 Å². The van der Waals surface area contributed by atoms with E-state index in [2.05, 4.69) is 38.3 Å². The van der Waals surface area contributed by atoms with Gasteiger partial charge in [0.25, 0.3) is 0 Å². The lowest BCUT2D eigenvalue weighted by Crippen LogP contribution is -2.58. The normalized spacial score (nSPS) is 47.5. The van der Waals surface area contributed by atoms with Crippen LogP contribution in [0, 0.1) is 52.3 Å². The van der Waals surface area contributed by atoms with Gasteiger partial charge in [0.15, 0.2) is 0 Å². The molecule has 7 heteroatoms. The summed E-state index contributed by atoms with van der Waals surface area (Å²) in [5.74, 6) is 5.26. The summed E-state index contributed by atoms with van der Waals surface area (Å²) in [7, 11) is 0. The van der Waals surface area contributed by atoms with E-state index in [0.29, 0.717) is 47.8 Å². The van der Waals surface area contributed by atoms with Gasteiger partial charge in [0.1, 0.15) is 5.72 Å². The number of piperidine rings is 1. The second-order valence-electron chi connectivity index (χ2n) is 16.9. The summed E-state index contributed by atoms with van der Waals surface area (Å²) in [4.78, 5) is 0. The first kappa shape index (κ1) is 31.4. The third kappa shape index (κ3) is 5.19. The van der Waals surface area contributed by atoms with Crippen molar-refractivity contribution in [3.63, 3.8) is 0 Å². The molecule has 0 bridgehead atoms. The van der Waals surface area contributed by atoms with E-state index < -0.39 is 11.7 Å². The van der Waals surface area contributed by atoms with E-state index in [1.165, 1.54) is 64.2 Å². The number of hydrogen-bond donors (Lipinski definition) is 3. The molecule has 6 fully saturated rings. The Labute approximate surface area is 263 Å². The average Bonchev–Trinajstić information content (AvgIpc) is 3.43. The minimum atomic E-state index is -4.30. The first-order chi connectivity index (χ1) is 20.8. The van der Waals surface area contributed by atoms with Gasteiger partial charge >= 0.3 is 6.18 Å². The zero-order valence-corrected chi connectivity index (χ0v) is 27.4. The second-order valence-corrected chi connectivity index (χ2v) is 16.9. The van der Waals surface area contributed by atoms with Crippen LogP contribution >= 0.6 is 0 Å². The topological polar surface area (TPSA) is 59.3 Å². The number of benzene rings is 1. The Bertz CT molecular complexity index is 1180. The highest BCUT2D eigenvalue weighted by Crippen LogP contribution is 2.71. The van der Waals surface area contributed by atoms with Crippen LogP contribution in [-0.4, -0.2) is 37.0 Å². The fraction of sp³-hybridized carbons (Fsp3) is 0.838. The van der Waals surface area contributed by atoms with Crippen LogP contribution in [0.15, 0.2) is 24.3 Å². The Kier molecular flexibility index (Phi) is 8.03. The zero-order valence-electron chi connectivity index (χ0n) is 27.4. The van der Waals surface area contributed by atoms with Crippen LogP contribution in [0.2, 0.25) is 0 Å². The molecule has 13 atom stereocenters. The molecule has 2 saturated heterocycles. The Morgan fingerprint density at radius 3 is 2.41 bits per heavy atom. The van der Waals surface area contributed by atoms with Gasteiger partial charge in [0.05, 0.1) is 11.7 Å². The van der Waals surface area contributed by atoms with Gasteiger partial charge in [-0.15, -0.1) is 0 Å². The zero-order chi connectivity index (χ0) is 31.1. The van der Waals surface area contributed by atoms with Crippen LogP contribution in [0.5, 0.6) is 0 Å². The molecule has 1 aromatic carbocycles. The predicted molar refractivity (Wildman–Crippen MR) is 169 cm³/mol. The fourth-order valence-electron chi connectivity index (χ4n) is 12.2. The molecule has 0 radical (unpaired) electrons. The van der Waals surface area contributed by atoms with Crippen LogP contribution < -0.4 is 16.4 Å². The third-order valence-electron chi connectivity index (χ3n) is 14.6. The summed E-state index contributed by atoms with van der Waals surface area (Å²) in [6, 6.07) is 5.84. The summed E-state index contributed by atoms with van der Waals surface area (Å²) < 4.78 is 45.8. The lowest BCUT2D eigenvalue weighted by atomic mass is 9.44. The molecule has 6 aliphatic rings. The highest BCUT2D eigenvalue weighted by atomic mass is 19.4. The second kappa shape index (κ2) is 11.2. The van der Waals surface area contributed by atoms with Crippen molar-refractivity contribution in [1.82, 2.24) is 10.6 Å². The first-order valence-corrected chi connectivity index (χ1v) is 17.9. The summed E-state index contributed by atoms with van der Waals surface area (Å²) in [6.07, 6.45) is 9.62. The van der Waals surface area contributed by atoms with Gasteiger partial charge in [-0.2, -0.15) is 13.2 Å². The summed E-state index contributed by atoms with van der Waals surface area (Å²) in [6.45, 7) is 12.0. The quantitative estimate of drug-likeness (QED) is 0.320. The Morgan fingerprint density at radius 1 is 0.955 bits per heavy atom. The smallest absolute Gasteiger partial charge is 0.357 e. The van der Waals surface area contributed by atoms with E-state index in [1.54, 1.807) is 12.1 Å². The molecule has 4 N–H and O–H groups in total. The van der Waals surface area contributed by atoms with Crippen molar-refractivity contribution in [2.75, 3.05) is 13.1 Å². The molecule has 246 valence electrons. The molecule has 2 aliphatic heterocycles. The van der Waals surface area contributed by atoms with E-state index in [9.17, 15) is 13.2 Å². The molecule has 1 aromatic rings. The molecule has 4 saturated carbocycles. The summed E-state index contributed by atoms with van der Waals surface area (Å²) >= 11 is 0. The van der Waals surface area contributed by atoms with Gasteiger partial charge in [-0.1, -0.05) is 39.8 Å². The van der Waals surface area contributed by atoms with Gasteiger partial charge in [0.2, 0.25) is 0 Å². The molecular formula is C37H56F3N3O. The molecule has 0 aromatic heterocycles. The molecule has 4 nitrogen and oxygen atoms in total. The summed E-state index contributed by atoms with van der Waals surface area (Å²) in [5.41, 5.74) is 7.47. The molecule has 1 unspecified atom stereocenters. The predicted octanol–water partition coefficient (Wildman–Crippen LogP) is 7.55. The SMILES string of the molecule is C[C@H]1CC[C@]2(NC1)O[C@H]1C[C@H]3[C@@H]4CC[C@H]5CC(NC[C@@H](N)Cc6ccc(C(F)(F)F)cc6)CC[C@]5(C)[C@H]4CC[C@]3(C)[C@H]1[C@@H]2C. The monoisotopic (exact) mass is 615 g/mol. The number of fused-ring (bicyclic) bond motifs is 7. The van der Waals surface area contributed by atoms with Crippen LogP contribution in [0.25, 0.3) is 0 Å². The van der Waals surface area contributed by atoms with Crippen molar-refractivity contribution in [1.29, 1.82) is 0 Å². The largest absolute Gasteiger partial charge is 0.416 e. The van der Waals surface area contributed by atoms with Crippen molar-refractivity contribution in [3.05, 3.63) is 35.4 Å². The Hall–Kier alpha value is -1.15. The molecule has 7 rings (SSSR count). The van der Waals surface area contributed by atoms with Crippen molar-refractivity contribution >= 4 is 0 Å². The van der Waals surface area contributed by atoms with E-state index in [-0.39, 0.29) is 11.8 Å². The molecule has 44 heavy (non-hydrogen) atoms. The van der Waals surface area contributed by atoms with E-state index in [1.807, 2.05) is 0 Å². The van der Waals surface area contributed by atoms with Crippen molar-refractivity contribution in [2.45, 2.75) is 128 Å². The highest BCUT2D eigenvalue weighted by Gasteiger charge is 2.68. The minimum absolute atomic E-state index is 0.0814. The van der Waals surface area contributed by atoms with Gasteiger partial charge in [-0.05, 0) is 135 Å².